The van der Waals surface area contributed by atoms with Crippen molar-refractivity contribution in [2.75, 3.05) is 19.3 Å². The second kappa shape index (κ2) is 7.77. The van der Waals surface area contributed by atoms with E-state index in [1.165, 1.54) is 0 Å². The molecule has 1 amide bonds. The highest BCUT2D eigenvalue weighted by atomic mass is 32.2. The normalized spacial score (nSPS) is 16.1. The molecule has 2 aromatic heterocycles. The molecular formula is C18H25N5O3S. The molecule has 1 fully saturated rings. The molecule has 1 aliphatic rings. The van der Waals surface area contributed by atoms with Gasteiger partial charge in [-0.05, 0) is 30.9 Å². The van der Waals surface area contributed by atoms with Crippen molar-refractivity contribution in [2.45, 2.75) is 38.6 Å². The lowest BCUT2D eigenvalue weighted by atomic mass is 10.0. The monoisotopic (exact) mass is 391 g/mol. The first-order valence-electron chi connectivity index (χ1n) is 9.02. The SMILES string of the molecule is CC(C)c1c(C(=O)N2CCC(NS(C)(=O)=O)CC2)cnn1-c1ccccn1. The van der Waals surface area contributed by atoms with Crippen molar-refractivity contribution < 1.29 is 13.2 Å². The van der Waals surface area contributed by atoms with Gasteiger partial charge < -0.3 is 4.90 Å². The van der Waals surface area contributed by atoms with Crippen molar-refractivity contribution >= 4 is 15.9 Å². The summed E-state index contributed by atoms with van der Waals surface area (Å²) in [5, 5.41) is 4.40. The van der Waals surface area contributed by atoms with Gasteiger partial charge in [-0.1, -0.05) is 19.9 Å². The number of piperidine rings is 1. The van der Waals surface area contributed by atoms with E-state index in [0.717, 1.165) is 11.9 Å². The van der Waals surface area contributed by atoms with Crippen LogP contribution in [0, 0.1) is 0 Å². The maximum absolute atomic E-state index is 13.1. The minimum atomic E-state index is -3.23. The fourth-order valence-corrected chi connectivity index (χ4v) is 4.25. The number of nitrogens with one attached hydrogen (secondary N) is 1. The first-order valence-corrected chi connectivity index (χ1v) is 10.9. The van der Waals surface area contributed by atoms with E-state index in [0.29, 0.717) is 37.3 Å². The molecule has 8 nitrogen and oxygen atoms in total. The third-order valence-corrected chi connectivity index (χ3v) is 5.37. The largest absolute Gasteiger partial charge is 0.338 e. The summed E-state index contributed by atoms with van der Waals surface area (Å²) in [7, 11) is -3.23. The third-order valence-electron chi connectivity index (χ3n) is 4.61. The lowest BCUT2D eigenvalue weighted by molar-refractivity contribution is 0.0710. The molecule has 1 saturated heterocycles. The zero-order valence-corrected chi connectivity index (χ0v) is 16.6. The molecule has 0 radical (unpaired) electrons. The van der Waals surface area contributed by atoms with Gasteiger partial charge in [0.05, 0.1) is 23.7 Å². The highest BCUT2D eigenvalue weighted by Gasteiger charge is 2.29. The highest BCUT2D eigenvalue weighted by Crippen LogP contribution is 2.24. The number of carbonyl (C=O) groups is 1. The van der Waals surface area contributed by atoms with Crippen molar-refractivity contribution in [3.8, 4) is 5.82 Å². The number of rotatable bonds is 5. The summed E-state index contributed by atoms with van der Waals surface area (Å²) in [6.45, 7) is 5.07. The van der Waals surface area contributed by atoms with Crippen LogP contribution in [0.5, 0.6) is 0 Å². The van der Waals surface area contributed by atoms with Gasteiger partial charge in [0.1, 0.15) is 0 Å². The maximum atomic E-state index is 13.1. The van der Waals surface area contributed by atoms with Crippen molar-refractivity contribution in [1.29, 1.82) is 0 Å². The van der Waals surface area contributed by atoms with Crippen LogP contribution in [0.25, 0.3) is 5.82 Å². The van der Waals surface area contributed by atoms with Crippen molar-refractivity contribution in [1.82, 2.24) is 24.4 Å². The average molecular weight is 391 g/mol. The number of pyridine rings is 1. The van der Waals surface area contributed by atoms with Gasteiger partial charge in [0.25, 0.3) is 5.91 Å². The molecule has 0 unspecified atom stereocenters. The number of sulfonamides is 1. The van der Waals surface area contributed by atoms with E-state index in [9.17, 15) is 13.2 Å². The van der Waals surface area contributed by atoms with E-state index >= 15 is 0 Å². The summed E-state index contributed by atoms with van der Waals surface area (Å²) in [6, 6.07) is 5.46. The average Bonchev–Trinajstić information content (AvgIpc) is 3.06. The van der Waals surface area contributed by atoms with Gasteiger partial charge in [0.15, 0.2) is 5.82 Å². The standard InChI is InChI=1S/C18H25N5O3S/c1-13(2)17-15(12-20-23(17)16-6-4-5-9-19-16)18(24)22-10-7-14(8-11-22)21-27(3,25)26/h4-6,9,12-14,21H,7-8,10-11H2,1-3H3. The molecule has 9 heteroatoms. The number of carbonyl (C=O) groups excluding carboxylic acids is 1. The van der Waals surface area contributed by atoms with Crippen LogP contribution in [0.1, 0.15) is 48.7 Å². The second-order valence-corrected chi connectivity index (χ2v) is 8.93. The van der Waals surface area contributed by atoms with Crippen LogP contribution in [0.2, 0.25) is 0 Å². The van der Waals surface area contributed by atoms with Crippen LogP contribution in [0.15, 0.2) is 30.6 Å². The summed E-state index contributed by atoms with van der Waals surface area (Å²) in [5.74, 6) is 0.702. The summed E-state index contributed by atoms with van der Waals surface area (Å²) in [6.07, 6.45) is 5.66. The van der Waals surface area contributed by atoms with Crippen LogP contribution < -0.4 is 4.72 Å². The summed E-state index contributed by atoms with van der Waals surface area (Å²) >= 11 is 0. The Hall–Kier alpha value is -2.26. The van der Waals surface area contributed by atoms with Gasteiger partial charge in [-0.25, -0.2) is 22.8 Å². The maximum Gasteiger partial charge on any atom is 0.257 e. The molecule has 0 atom stereocenters. The summed E-state index contributed by atoms with van der Waals surface area (Å²) in [5.41, 5.74) is 1.40. The minimum Gasteiger partial charge on any atom is -0.338 e. The lowest BCUT2D eigenvalue weighted by Gasteiger charge is -2.32. The van der Waals surface area contributed by atoms with Crippen molar-refractivity contribution in [3.63, 3.8) is 0 Å². The molecule has 3 rings (SSSR count). The van der Waals surface area contributed by atoms with E-state index in [-0.39, 0.29) is 17.9 Å². The zero-order valence-electron chi connectivity index (χ0n) is 15.8. The molecule has 0 saturated carbocycles. The molecule has 27 heavy (non-hydrogen) atoms. The van der Waals surface area contributed by atoms with Crippen LogP contribution in [0.4, 0.5) is 0 Å². The highest BCUT2D eigenvalue weighted by molar-refractivity contribution is 7.88. The Morgan fingerprint density at radius 3 is 2.52 bits per heavy atom. The molecule has 3 heterocycles. The fourth-order valence-electron chi connectivity index (χ4n) is 3.41. The molecule has 0 bridgehead atoms. The summed E-state index contributed by atoms with van der Waals surface area (Å²) < 4.78 is 27.1. The number of hydrogen-bond acceptors (Lipinski definition) is 5. The Bertz CT molecular complexity index is 900. The van der Waals surface area contributed by atoms with Gasteiger partial charge >= 0.3 is 0 Å². The molecule has 1 aliphatic heterocycles. The predicted octanol–water partition coefficient (Wildman–Crippen LogP) is 1.54. The Morgan fingerprint density at radius 2 is 1.96 bits per heavy atom. The van der Waals surface area contributed by atoms with Gasteiger partial charge in [0.2, 0.25) is 10.0 Å². The van der Waals surface area contributed by atoms with E-state index in [1.54, 1.807) is 22.0 Å². The number of amides is 1. The third kappa shape index (κ3) is 4.54. The first kappa shape index (κ1) is 19.5. The number of hydrogen-bond donors (Lipinski definition) is 1. The zero-order chi connectivity index (χ0) is 19.6. The number of nitrogens with zero attached hydrogens (tertiary/aromatic N) is 4. The van der Waals surface area contributed by atoms with Gasteiger partial charge in [0, 0.05) is 25.3 Å². The Kier molecular flexibility index (Phi) is 5.61. The topological polar surface area (TPSA) is 97.2 Å². The first-order chi connectivity index (χ1) is 12.8. The van der Waals surface area contributed by atoms with Crippen molar-refractivity contribution in [3.05, 3.63) is 41.9 Å². The van der Waals surface area contributed by atoms with E-state index in [1.807, 2.05) is 32.0 Å². The Morgan fingerprint density at radius 1 is 1.26 bits per heavy atom. The molecule has 0 aliphatic carbocycles. The molecule has 0 aromatic carbocycles. The molecule has 1 N–H and O–H groups in total. The van der Waals surface area contributed by atoms with Gasteiger partial charge in [-0.3, -0.25) is 4.79 Å². The summed E-state index contributed by atoms with van der Waals surface area (Å²) in [4.78, 5) is 19.2. The van der Waals surface area contributed by atoms with Gasteiger partial charge in [-0.2, -0.15) is 5.10 Å². The second-order valence-electron chi connectivity index (χ2n) is 7.15. The molecule has 2 aromatic rings. The van der Waals surface area contributed by atoms with Crippen LogP contribution in [-0.2, 0) is 10.0 Å². The molecular weight excluding hydrogens is 366 g/mol. The van der Waals surface area contributed by atoms with Crippen LogP contribution >= 0.6 is 0 Å². The quantitative estimate of drug-likeness (QED) is 0.834. The van der Waals surface area contributed by atoms with Crippen LogP contribution in [-0.4, -0.2) is 59.4 Å². The number of likely N-dealkylation sites (tertiary alicyclic amines) is 1. The number of aromatic nitrogens is 3. The van der Waals surface area contributed by atoms with Gasteiger partial charge in [-0.15, -0.1) is 0 Å². The molecule has 0 spiro atoms. The predicted molar refractivity (Wildman–Crippen MR) is 102 cm³/mol. The van der Waals surface area contributed by atoms with E-state index in [4.69, 9.17) is 0 Å². The Balaban J connectivity index is 1.79. The van der Waals surface area contributed by atoms with E-state index < -0.39 is 10.0 Å². The van der Waals surface area contributed by atoms with Crippen molar-refractivity contribution in [2.24, 2.45) is 0 Å². The Labute approximate surface area is 159 Å². The molecule has 146 valence electrons. The lowest BCUT2D eigenvalue weighted by Crippen LogP contribution is -2.46. The van der Waals surface area contributed by atoms with E-state index in [2.05, 4.69) is 14.8 Å². The van der Waals surface area contributed by atoms with Crippen LogP contribution in [0.3, 0.4) is 0 Å². The minimum absolute atomic E-state index is 0.0707. The fraction of sp³-hybridized carbons (Fsp3) is 0.500. The smallest absolute Gasteiger partial charge is 0.257 e.